The first-order valence-corrected chi connectivity index (χ1v) is 5.68. The fourth-order valence-corrected chi connectivity index (χ4v) is 1.81. The van der Waals surface area contributed by atoms with Gasteiger partial charge in [0.25, 0.3) is 0 Å². The Balaban J connectivity index is 2.71. The second kappa shape index (κ2) is 3.77. The van der Waals surface area contributed by atoms with E-state index in [1.807, 2.05) is 6.07 Å². The number of rotatable bonds is 2. The molecule has 0 N–H and O–H groups in total. The van der Waals surface area contributed by atoms with E-state index in [4.69, 9.17) is 0 Å². The van der Waals surface area contributed by atoms with Crippen molar-refractivity contribution < 1.29 is 4.39 Å². The van der Waals surface area contributed by atoms with Gasteiger partial charge < -0.3 is 0 Å². The zero-order chi connectivity index (χ0) is 8.27. The van der Waals surface area contributed by atoms with Gasteiger partial charge in [-0.2, -0.15) is 0 Å². The normalized spacial score (nSPS) is 10.5. The largest absolute Gasteiger partial charge is 0.207 e. The summed E-state index contributed by atoms with van der Waals surface area (Å²) >= 11 is 0. The van der Waals surface area contributed by atoms with E-state index in [9.17, 15) is 4.39 Å². The van der Waals surface area contributed by atoms with Gasteiger partial charge in [-0.25, -0.2) is 4.39 Å². The van der Waals surface area contributed by atoms with Crippen molar-refractivity contribution >= 4 is 10.9 Å². The van der Waals surface area contributed by atoms with Crippen LogP contribution in [-0.2, 0) is 16.6 Å². The Kier molecular flexibility index (Phi) is 2.94. The SMILES string of the molecule is C[S+](C)Cc1cccc(F)c1. The summed E-state index contributed by atoms with van der Waals surface area (Å²) in [5, 5.41) is 0. The molecule has 1 rings (SSSR count). The van der Waals surface area contributed by atoms with Crippen molar-refractivity contribution in [2.75, 3.05) is 12.5 Å². The monoisotopic (exact) mass is 171 g/mol. The third-order valence-corrected chi connectivity index (χ3v) is 2.26. The van der Waals surface area contributed by atoms with E-state index < -0.39 is 0 Å². The van der Waals surface area contributed by atoms with Crippen LogP contribution in [0.5, 0.6) is 0 Å². The lowest BCUT2D eigenvalue weighted by Crippen LogP contribution is -1.99. The van der Waals surface area contributed by atoms with E-state index in [1.54, 1.807) is 12.1 Å². The molecule has 0 unspecified atom stereocenters. The van der Waals surface area contributed by atoms with Gasteiger partial charge in [-0.3, -0.25) is 0 Å². The predicted molar refractivity (Wildman–Crippen MR) is 49.3 cm³/mol. The van der Waals surface area contributed by atoms with E-state index in [2.05, 4.69) is 12.5 Å². The molecule has 2 heteroatoms. The summed E-state index contributed by atoms with van der Waals surface area (Å²) in [6.45, 7) is 0. The van der Waals surface area contributed by atoms with Crippen LogP contribution in [0, 0.1) is 5.82 Å². The van der Waals surface area contributed by atoms with Gasteiger partial charge in [0.1, 0.15) is 11.6 Å². The quantitative estimate of drug-likeness (QED) is 0.598. The highest BCUT2D eigenvalue weighted by Crippen LogP contribution is 2.06. The fourth-order valence-electron chi connectivity index (χ4n) is 0.960. The summed E-state index contributed by atoms with van der Waals surface area (Å²) in [5.74, 6) is 0.852. The second-order valence-corrected chi connectivity index (χ2v) is 5.02. The summed E-state index contributed by atoms with van der Waals surface area (Å²) in [7, 11) is 0.359. The highest BCUT2D eigenvalue weighted by atomic mass is 32.2. The van der Waals surface area contributed by atoms with Crippen molar-refractivity contribution in [3.63, 3.8) is 0 Å². The zero-order valence-corrected chi connectivity index (χ0v) is 7.62. The van der Waals surface area contributed by atoms with E-state index in [0.717, 1.165) is 11.3 Å². The van der Waals surface area contributed by atoms with Crippen molar-refractivity contribution in [3.8, 4) is 0 Å². The number of hydrogen-bond donors (Lipinski definition) is 0. The average molecular weight is 171 g/mol. The summed E-state index contributed by atoms with van der Waals surface area (Å²) in [6, 6.07) is 6.81. The molecule has 0 aliphatic rings. The van der Waals surface area contributed by atoms with Crippen molar-refractivity contribution in [3.05, 3.63) is 35.6 Å². The molecule has 60 valence electrons. The highest BCUT2D eigenvalue weighted by molar-refractivity contribution is 7.94. The lowest BCUT2D eigenvalue weighted by molar-refractivity contribution is 0.626. The van der Waals surface area contributed by atoms with Crippen molar-refractivity contribution in [2.45, 2.75) is 5.75 Å². The minimum absolute atomic E-state index is 0.132. The minimum atomic E-state index is -0.132. The third kappa shape index (κ3) is 2.93. The van der Waals surface area contributed by atoms with Gasteiger partial charge in [0.15, 0.2) is 0 Å². The highest BCUT2D eigenvalue weighted by Gasteiger charge is 2.04. The smallest absolute Gasteiger partial charge is 0.132 e. The number of hydrogen-bond acceptors (Lipinski definition) is 0. The predicted octanol–water partition coefficient (Wildman–Crippen LogP) is 2.20. The van der Waals surface area contributed by atoms with Crippen LogP contribution in [0.25, 0.3) is 0 Å². The van der Waals surface area contributed by atoms with Gasteiger partial charge in [-0.1, -0.05) is 12.1 Å². The van der Waals surface area contributed by atoms with Crippen LogP contribution in [-0.4, -0.2) is 12.5 Å². The van der Waals surface area contributed by atoms with Gasteiger partial charge in [-0.15, -0.1) is 0 Å². The van der Waals surface area contributed by atoms with Crippen LogP contribution in [0.15, 0.2) is 24.3 Å². The number of benzene rings is 1. The summed E-state index contributed by atoms with van der Waals surface area (Å²) in [6.07, 6.45) is 4.32. The first-order valence-electron chi connectivity index (χ1n) is 3.47. The summed E-state index contributed by atoms with van der Waals surface area (Å²) in [4.78, 5) is 0. The second-order valence-electron chi connectivity index (χ2n) is 2.76. The van der Waals surface area contributed by atoms with Gasteiger partial charge in [-0.05, 0) is 23.0 Å². The molecule has 11 heavy (non-hydrogen) atoms. The topological polar surface area (TPSA) is 0 Å². The maximum atomic E-state index is 12.6. The Morgan fingerprint density at radius 3 is 2.64 bits per heavy atom. The van der Waals surface area contributed by atoms with Gasteiger partial charge in [0, 0.05) is 5.56 Å². The van der Waals surface area contributed by atoms with E-state index in [0.29, 0.717) is 10.9 Å². The van der Waals surface area contributed by atoms with Gasteiger partial charge in [0.05, 0.1) is 12.5 Å². The summed E-state index contributed by atoms with van der Waals surface area (Å²) < 4.78 is 12.6. The van der Waals surface area contributed by atoms with E-state index >= 15 is 0 Å². The molecule has 0 aromatic heterocycles. The molecule has 0 aliphatic heterocycles. The molecule has 0 saturated carbocycles. The molecule has 0 fully saturated rings. The van der Waals surface area contributed by atoms with E-state index in [1.165, 1.54) is 6.07 Å². The van der Waals surface area contributed by atoms with Crippen LogP contribution in [0.4, 0.5) is 4.39 Å². The molecular weight excluding hydrogens is 159 g/mol. The first-order chi connectivity index (χ1) is 5.18. The minimum Gasteiger partial charge on any atom is -0.207 e. The molecule has 0 nitrogen and oxygen atoms in total. The molecule has 0 aliphatic carbocycles. The molecule has 1 aromatic carbocycles. The fraction of sp³-hybridized carbons (Fsp3) is 0.333. The molecule has 1 aromatic rings. The van der Waals surface area contributed by atoms with Gasteiger partial charge in [0.2, 0.25) is 0 Å². The van der Waals surface area contributed by atoms with Crippen LogP contribution in [0.2, 0.25) is 0 Å². The van der Waals surface area contributed by atoms with Crippen LogP contribution < -0.4 is 0 Å². The molecule has 0 amide bonds. The average Bonchev–Trinajstić information content (AvgIpc) is 1.85. The standard InChI is InChI=1S/C9H12FS/c1-11(2)7-8-4-3-5-9(10)6-8/h3-6H,7H2,1-2H3/q+1. The molecule has 0 bridgehead atoms. The molecule has 0 heterocycles. The van der Waals surface area contributed by atoms with Crippen molar-refractivity contribution in [1.29, 1.82) is 0 Å². The summed E-state index contributed by atoms with van der Waals surface area (Å²) in [5.41, 5.74) is 1.10. The molecule has 0 radical (unpaired) electrons. The molecule has 0 spiro atoms. The number of halogens is 1. The Bertz CT molecular complexity index is 233. The van der Waals surface area contributed by atoms with E-state index in [-0.39, 0.29) is 5.82 Å². The van der Waals surface area contributed by atoms with Crippen molar-refractivity contribution in [2.24, 2.45) is 0 Å². The van der Waals surface area contributed by atoms with Crippen LogP contribution in [0.3, 0.4) is 0 Å². The molecule has 0 atom stereocenters. The van der Waals surface area contributed by atoms with Crippen LogP contribution in [0.1, 0.15) is 5.56 Å². The first kappa shape index (κ1) is 8.60. The molecule has 0 saturated heterocycles. The Morgan fingerprint density at radius 2 is 2.09 bits per heavy atom. The maximum Gasteiger partial charge on any atom is 0.132 e. The van der Waals surface area contributed by atoms with Gasteiger partial charge >= 0.3 is 0 Å². The van der Waals surface area contributed by atoms with Crippen LogP contribution >= 0.6 is 0 Å². The third-order valence-electron chi connectivity index (χ3n) is 1.34. The van der Waals surface area contributed by atoms with Crippen molar-refractivity contribution in [1.82, 2.24) is 0 Å². The maximum absolute atomic E-state index is 12.6. The zero-order valence-electron chi connectivity index (χ0n) is 6.80. The lowest BCUT2D eigenvalue weighted by atomic mass is 10.2. The Hall–Kier alpha value is -0.500. The Labute approximate surface area is 69.8 Å². The molecular formula is C9H12FS+. The lowest BCUT2D eigenvalue weighted by Gasteiger charge is -1.97. The Morgan fingerprint density at radius 1 is 1.36 bits per heavy atom.